The number of aliphatic imine (C=N–C) groups is 2. The number of carbonyl (C=O) groups excluding carboxylic acids is 4. The van der Waals surface area contributed by atoms with Gasteiger partial charge in [-0.1, -0.05) is 77.3 Å². The highest BCUT2D eigenvalue weighted by molar-refractivity contribution is 7.90. The zero-order chi connectivity index (χ0) is 74.0. The predicted molar refractivity (Wildman–Crippen MR) is 382 cm³/mol. The molecule has 2 unspecified atom stereocenters. The molecule has 0 saturated heterocycles. The third-order valence-corrected chi connectivity index (χ3v) is 21.2. The van der Waals surface area contributed by atoms with Gasteiger partial charge in [-0.2, -0.15) is 8.42 Å². The van der Waals surface area contributed by atoms with Gasteiger partial charge >= 0.3 is 0 Å². The first-order chi connectivity index (χ1) is 48.3. The van der Waals surface area contributed by atoms with Crippen molar-refractivity contribution in [2.24, 2.45) is 15.1 Å². The van der Waals surface area contributed by atoms with Gasteiger partial charge in [-0.05, 0) is 156 Å². The van der Waals surface area contributed by atoms with Gasteiger partial charge in [0.1, 0.15) is 51.8 Å². The predicted octanol–water partition coefficient (Wildman–Crippen LogP) is 8.70. The van der Waals surface area contributed by atoms with E-state index >= 15 is 0 Å². The second kappa shape index (κ2) is 31.9. The Bertz CT molecular complexity index is 5090. The fourth-order valence-electron chi connectivity index (χ4n) is 10.3. The van der Waals surface area contributed by atoms with Gasteiger partial charge in [-0.15, -0.1) is 0 Å². The molecule has 33 heteroatoms. The van der Waals surface area contributed by atoms with Crippen molar-refractivity contribution in [2.75, 3.05) is 56.9 Å². The van der Waals surface area contributed by atoms with Gasteiger partial charge in [0.25, 0.3) is 53.9 Å². The number of hydrogen-bond acceptors (Lipinski definition) is 21. The van der Waals surface area contributed by atoms with Crippen molar-refractivity contribution in [1.82, 2.24) is 23.0 Å². The first-order valence-electron chi connectivity index (χ1n) is 31.0. The van der Waals surface area contributed by atoms with Crippen LogP contribution in [0.3, 0.4) is 0 Å². The smallest absolute Gasteiger partial charge is 0.298 e. The number of amides is 4. The van der Waals surface area contributed by atoms with Crippen LogP contribution >= 0.6 is 11.6 Å². The number of aromatic nitrogens is 1. The number of hydrogen-bond donors (Lipinski definition) is 5. The van der Waals surface area contributed by atoms with E-state index in [1.54, 1.807) is 72.3 Å². The maximum Gasteiger partial charge on any atom is 0.298 e. The normalized spacial score (nSPS) is 14.1. The zero-order valence-electron chi connectivity index (χ0n) is 56.4. The third-order valence-electron chi connectivity index (χ3n) is 15.4. The van der Waals surface area contributed by atoms with Gasteiger partial charge in [-0.3, -0.25) is 19.2 Å². The Morgan fingerprint density at radius 1 is 0.539 bits per heavy atom. The van der Waals surface area contributed by atoms with E-state index in [4.69, 9.17) is 45.2 Å². The molecule has 8 aromatic rings. The molecule has 3 heterocycles. The Labute approximate surface area is 595 Å². The summed E-state index contributed by atoms with van der Waals surface area (Å²) < 4.78 is 144. The molecule has 2 aliphatic heterocycles. The van der Waals surface area contributed by atoms with Crippen LogP contribution in [0.1, 0.15) is 61.0 Å². The van der Waals surface area contributed by atoms with Gasteiger partial charge < -0.3 is 39.1 Å². The molecule has 102 heavy (non-hydrogen) atoms. The quantitative estimate of drug-likeness (QED) is 0.0357. The maximum absolute atomic E-state index is 14.3. The molecule has 0 saturated carbocycles. The van der Waals surface area contributed by atoms with E-state index in [0.717, 1.165) is 42.6 Å². The monoisotopic (exact) mass is 1490 g/mol. The van der Waals surface area contributed by atoms with Gasteiger partial charge in [0.15, 0.2) is 11.7 Å². The van der Waals surface area contributed by atoms with Crippen molar-refractivity contribution in [3.8, 4) is 34.6 Å². The van der Waals surface area contributed by atoms with E-state index in [0.29, 0.717) is 33.5 Å². The fraction of sp³-hybridized carbons (Fsp3) is 0.232. The van der Waals surface area contributed by atoms with Crippen LogP contribution in [0.2, 0.25) is 5.02 Å². The number of anilines is 2. The van der Waals surface area contributed by atoms with Crippen molar-refractivity contribution in [3.05, 3.63) is 207 Å². The SMILES string of the molecule is CCS(=O)(=O)NC(=O)c1ccc(OC(C(=O)Nc2cc(C)c(Cl)cc2OC)C2=Nc3ccccc3S(=O)(=O)N2CCOc2ccc(C)cc2C)nc1.COc1ccc(C)cc1NC(=O)C(Oc1ccc(C(=O)NS(N)(=O)=O)cc1)C1=Nc2ccccc2S(=O)(=O)N1CCOc1ccc(C)cc1C. The highest BCUT2D eigenvalue weighted by Crippen LogP contribution is 2.38. The number of aryl methyl sites for hydroxylation is 6. The molecule has 4 amide bonds. The minimum absolute atomic E-state index is 0.0268. The number of sulfonamides is 3. The van der Waals surface area contributed by atoms with E-state index in [-0.39, 0.29) is 99.1 Å². The summed E-state index contributed by atoms with van der Waals surface area (Å²) in [4.78, 5) is 66.5. The summed E-state index contributed by atoms with van der Waals surface area (Å²) in [6, 6.07) is 39.2. The van der Waals surface area contributed by atoms with Crippen LogP contribution in [-0.2, 0) is 49.9 Å². The molecule has 10 rings (SSSR count). The van der Waals surface area contributed by atoms with E-state index < -0.39 is 76.1 Å². The van der Waals surface area contributed by atoms with Crippen molar-refractivity contribution in [2.45, 2.75) is 70.5 Å². The number of nitrogens with two attached hydrogens (primary N) is 1. The molecule has 2 atom stereocenters. The summed E-state index contributed by atoms with van der Waals surface area (Å²) in [5.41, 5.74) is 5.70. The second-order valence-corrected chi connectivity index (χ2v) is 30.3. The fourth-order valence-corrected chi connectivity index (χ4v) is 14.5. The number of halogens is 1. The largest absolute Gasteiger partial charge is 0.495 e. The van der Waals surface area contributed by atoms with Crippen LogP contribution < -0.4 is 53.6 Å². The average molecular weight is 1490 g/mol. The average Bonchev–Trinajstić information content (AvgIpc) is 0.752. The van der Waals surface area contributed by atoms with Crippen molar-refractivity contribution < 1.29 is 81.3 Å². The number of nitrogens with zero attached hydrogens (tertiary/aromatic N) is 5. The van der Waals surface area contributed by atoms with E-state index in [2.05, 4.69) is 25.6 Å². The number of carbonyl (C=O) groups is 4. The van der Waals surface area contributed by atoms with Crippen LogP contribution in [0.4, 0.5) is 22.7 Å². The van der Waals surface area contributed by atoms with E-state index in [9.17, 15) is 52.8 Å². The molecule has 2 aliphatic rings. The summed E-state index contributed by atoms with van der Waals surface area (Å²) in [5, 5.41) is 10.8. The Balaban J connectivity index is 0.000000237. The Morgan fingerprint density at radius 2 is 1.00 bits per heavy atom. The molecule has 6 N–H and O–H groups in total. The summed E-state index contributed by atoms with van der Waals surface area (Å²) >= 11 is 6.29. The van der Waals surface area contributed by atoms with Crippen molar-refractivity contribution in [1.29, 1.82) is 0 Å². The highest BCUT2D eigenvalue weighted by atomic mass is 35.5. The molecule has 1 aromatic heterocycles. The van der Waals surface area contributed by atoms with Crippen LogP contribution in [0.25, 0.3) is 0 Å². The first-order valence-corrected chi connectivity index (χ1v) is 37.5. The topological polar surface area (TPSA) is 378 Å². The minimum atomic E-state index is -4.32. The maximum atomic E-state index is 14.3. The molecule has 0 bridgehead atoms. The Hall–Kier alpha value is -10.6. The lowest BCUT2D eigenvalue weighted by molar-refractivity contribution is -0.121. The van der Waals surface area contributed by atoms with Gasteiger partial charge in [0.05, 0.1) is 61.4 Å². The van der Waals surface area contributed by atoms with Gasteiger partial charge in [0, 0.05) is 28.9 Å². The molecule has 0 aliphatic carbocycles. The van der Waals surface area contributed by atoms with Crippen LogP contribution in [0, 0.1) is 41.5 Å². The number of rotatable bonds is 25. The van der Waals surface area contributed by atoms with Crippen LogP contribution in [-0.4, -0.2) is 141 Å². The number of pyridine rings is 1. The Morgan fingerprint density at radius 3 is 1.47 bits per heavy atom. The lowest BCUT2D eigenvalue weighted by Crippen LogP contribution is -2.52. The van der Waals surface area contributed by atoms with Crippen LogP contribution in [0.15, 0.2) is 178 Å². The zero-order valence-corrected chi connectivity index (χ0v) is 60.4. The van der Waals surface area contributed by atoms with E-state index in [1.807, 2.05) is 63.6 Å². The third kappa shape index (κ3) is 18.3. The summed E-state index contributed by atoms with van der Waals surface area (Å²) in [5.74, 6) is -2.94. The van der Waals surface area contributed by atoms with Gasteiger partial charge in [-0.25, -0.2) is 63.4 Å². The van der Waals surface area contributed by atoms with E-state index in [1.165, 1.54) is 87.9 Å². The van der Waals surface area contributed by atoms with Crippen LogP contribution in [0.5, 0.6) is 34.6 Å². The number of benzene rings is 7. The summed E-state index contributed by atoms with van der Waals surface area (Å²) in [6.07, 6.45) is -2.40. The number of methoxy groups -OCH3 is 2. The first kappa shape index (κ1) is 75.6. The molecular formula is C69H71ClN10O18S4. The number of ether oxygens (including phenoxy) is 6. The summed E-state index contributed by atoms with van der Waals surface area (Å²) in [6.45, 7) is 11.8. The number of amidine groups is 2. The van der Waals surface area contributed by atoms with Gasteiger partial charge in [0.2, 0.25) is 28.1 Å². The molecule has 0 radical (unpaired) electrons. The molecule has 28 nitrogen and oxygen atoms in total. The Kier molecular flexibility index (Phi) is 23.6. The molecule has 536 valence electrons. The number of nitrogens with one attached hydrogen (secondary N) is 4. The number of para-hydroxylation sites is 2. The lowest BCUT2D eigenvalue weighted by atomic mass is 10.1. The number of fused-ring (bicyclic) bond motifs is 2. The molecular weight excluding hydrogens is 1420 g/mol. The lowest BCUT2D eigenvalue weighted by Gasteiger charge is -2.33. The molecule has 0 spiro atoms. The second-order valence-electron chi connectivity index (χ2n) is 23.0. The minimum Gasteiger partial charge on any atom is -0.495 e. The highest BCUT2D eigenvalue weighted by Gasteiger charge is 2.44. The standard InChI is InChI=1S/C35H36ClN5O9S2.C34H35N5O9S2/c1-6-51(44,45)40-34(42)24-12-14-31(37-20-24)50-32(35(43)39-27-18-22(3)25(36)19-29(27)48-5)33-38-26-9-7-8-10-30(26)52(46,47)41(33)15-16-49-28-13-11-21(2)17-23(28)4;1-21-9-15-28(23(3)19-21)47-18-17-39-32(36-26-7-5-6-8-30(26)49(39,42)43)31(34(41)37-27-20-22(2)10-16-29(27)46-4)48-25-13-11-24(12-14-25)33(40)38-50(35,44)45/h7-14,17-20,32H,6,15-16H2,1-5H3,(H,39,43)(H,40,42);5-16,19-20,31H,17-18H2,1-4H3,(H,37,41)(H,38,40)(H2,35,44,45). The summed E-state index contributed by atoms with van der Waals surface area (Å²) in [7, 11) is -13.9. The van der Waals surface area contributed by atoms with Crippen molar-refractivity contribution >= 4 is 110 Å². The van der Waals surface area contributed by atoms with Crippen molar-refractivity contribution in [3.63, 3.8) is 0 Å². The molecule has 7 aromatic carbocycles. The molecule has 0 fully saturated rings.